The van der Waals surface area contributed by atoms with Gasteiger partial charge < -0.3 is 13.7 Å². The Morgan fingerprint density at radius 2 is 1.96 bits per heavy atom. The zero-order chi connectivity index (χ0) is 19.3. The second-order valence-corrected chi connectivity index (χ2v) is 6.83. The number of carbonyl (C=O) groups excluding carboxylic acids is 1. The van der Waals surface area contributed by atoms with E-state index in [0.717, 1.165) is 16.7 Å². The molecule has 142 valence electrons. The molecule has 0 N–H and O–H groups in total. The predicted octanol–water partition coefficient (Wildman–Crippen LogP) is 3.83. The van der Waals surface area contributed by atoms with Gasteiger partial charge in [-0.2, -0.15) is 16.3 Å². The van der Waals surface area contributed by atoms with Crippen molar-refractivity contribution in [3.63, 3.8) is 0 Å². The molecule has 0 atom stereocenters. The van der Waals surface area contributed by atoms with Gasteiger partial charge in [0.1, 0.15) is 0 Å². The molecule has 0 amide bonds. The first kappa shape index (κ1) is 18.1. The van der Waals surface area contributed by atoms with E-state index in [-0.39, 0.29) is 18.9 Å². The monoisotopic (exact) mass is 396 g/mol. The van der Waals surface area contributed by atoms with Crippen molar-refractivity contribution in [2.75, 3.05) is 0 Å². The van der Waals surface area contributed by atoms with Gasteiger partial charge in [-0.15, -0.1) is 10.2 Å². The van der Waals surface area contributed by atoms with E-state index in [1.165, 1.54) is 0 Å². The summed E-state index contributed by atoms with van der Waals surface area (Å²) >= 11 is 1.54. The van der Waals surface area contributed by atoms with E-state index in [9.17, 15) is 4.79 Å². The molecule has 9 heteroatoms. The Morgan fingerprint density at radius 3 is 2.75 bits per heavy atom. The van der Waals surface area contributed by atoms with E-state index in [2.05, 4.69) is 20.3 Å². The number of hydrogen-bond acceptors (Lipinski definition) is 9. The second-order valence-electron chi connectivity index (χ2n) is 6.05. The van der Waals surface area contributed by atoms with Gasteiger partial charge in [0.15, 0.2) is 6.61 Å². The van der Waals surface area contributed by atoms with Crippen LogP contribution in [0, 0.1) is 6.92 Å². The van der Waals surface area contributed by atoms with Crippen LogP contribution in [0.25, 0.3) is 22.8 Å². The molecule has 0 saturated carbocycles. The number of aromatic nitrogens is 4. The van der Waals surface area contributed by atoms with Crippen molar-refractivity contribution < 1.29 is 18.5 Å². The van der Waals surface area contributed by atoms with Crippen LogP contribution in [0.5, 0.6) is 0 Å². The molecule has 0 saturated heterocycles. The smallest absolute Gasteiger partial charge is 0.306 e. The highest BCUT2D eigenvalue weighted by atomic mass is 32.1. The average molecular weight is 396 g/mol. The number of carbonyl (C=O) groups is 1. The third-order valence-electron chi connectivity index (χ3n) is 3.91. The molecule has 0 aliphatic heterocycles. The standard InChI is InChI=1S/C19H16N4O4S/c1-12-2-4-13(5-3-12)19-22-21-15(26-19)6-7-17(24)25-10-16-20-18(23-27-16)14-8-9-28-11-14/h2-5,8-9,11H,6-7,10H2,1H3. The zero-order valence-corrected chi connectivity index (χ0v) is 15.8. The van der Waals surface area contributed by atoms with E-state index in [1.54, 1.807) is 11.3 Å². The first-order chi connectivity index (χ1) is 13.7. The molecule has 1 aromatic carbocycles. The molecule has 4 rings (SSSR count). The Bertz CT molecular complexity index is 1050. The lowest BCUT2D eigenvalue weighted by Crippen LogP contribution is -2.06. The fourth-order valence-electron chi connectivity index (χ4n) is 2.41. The van der Waals surface area contributed by atoms with Crippen LogP contribution < -0.4 is 0 Å². The first-order valence-electron chi connectivity index (χ1n) is 8.57. The maximum Gasteiger partial charge on any atom is 0.306 e. The van der Waals surface area contributed by atoms with Crippen LogP contribution in [0.1, 0.15) is 23.8 Å². The number of thiophene rings is 1. The van der Waals surface area contributed by atoms with Crippen LogP contribution in [0.4, 0.5) is 0 Å². The van der Waals surface area contributed by atoms with E-state index in [0.29, 0.717) is 24.0 Å². The summed E-state index contributed by atoms with van der Waals surface area (Å²) in [5.41, 5.74) is 2.85. The van der Waals surface area contributed by atoms with Crippen molar-refractivity contribution in [3.8, 4) is 22.8 Å². The molecule has 8 nitrogen and oxygen atoms in total. The summed E-state index contributed by atoms with van der Waals surface area (Å²) in [4.78, 5) is 16.1. The van der Waals surface area contributed by atoms with Crippen molar-refractivity contribution in [2.45, 2.75) is 26.4 Å². The molecule has 3 heterocycles. The highest BCUT2D eigenvalue weighted by Gasteiger charge is 2.14. The number of nitrogens with zero attached hydrogens (tertiary/aromatic N) is 4. The number of esters is 1. The Balaban J connectivity index is 1.26. The second kappa shape index (κ2) is 8.13. The van der Waals surface area contributed by atoms with Crippen LogP contribution in [0.15, 0.2) is 50.0 Å². The van der Waals surface area contributed by atoms with Crippen LogP contribution in [0.2, 0.25) is 0 Å². The van der Waals surface area contributed by atoms with E-state index >= 15 is 0 Å². The quantitative estimate of drug-likeness (QED) is 0.434. The molecule has 0 radical (unpaired) electrons. The highest BCUT2D eigenvalue weighted by molar-refractivity contribution is 7.08. The molecular formula is C19H16N4O4S. The topological polar surface area (TPSA) is 104 Å². The third kappa shape index (κ3) is 4.32. The fourth-order valence-corrected chi connectivity index (χ4v) is 3.05. The van der Waals surface area contributed by atoms with Crippen LogP contribution in [-0.2, 0) is 22.6 Å². The zero-order valence-electron chi connectivity index (χ0n) is 15.0. The summed E-state index contributed by atoms with van der Waals surface area (Å²) in [7, 11) is 0. The molecule has 0 aliphatic carbocycles. The van der Waals surface area contributed by atoms with Gasteiger partial charge in [-0.05, 0) is 30.5 Å². The lowest BCUT2D eigenvalue weighted by molar-refractivity contribution is -0.145. The van der Waals surface area contributed by atoms with Crippen molar-refractivity contribution in [1.29, 1.82) is 0 Å². The number of hydrogen-bond donors (Lipinski definition) is 0. The van der Waals surface area contributed by atoms with E-state index in [1.807, 2.05) is 48.0 Å². The Hall–Kier alpha value is -3.33. The fraction of sp³-hybridized carbons (Fsp3) is 0.211. The van der Waals surface area contributed by atoms with Crippen molar-refractivity contribution in [2.24, 2.45) is 0 Å². The minimum Gasteiger partial charge on any atom is -0.456 e. The Labute approximate surface area is 164 Å². The number of rotatable bonds is 7. The first-order valence-corrected chi connectivity index (χ1v) is 9.52. The summed E-state index contributed by atoms with van der Waals surface area (Å²) < 4.78 is 15.8. The maximum absolute atomic E-state index is 11.9. The van der Waals surface area contributed by atoms with Gasteiger partial charge in [0.05, 0.1) is 6.42 Å². The SMILES string of the molecule is Cc1ccc(-c2nnc(CCC(=O)OCc3nc(-c4ccsc4)no3)o2)cc1. The van der Waals surface area contributed by atoms with Crippen LogP contribution >= 0.6 is 11.3 Å². The molecule has 4 aromatic rings. The van der Waals surface area contributed by atoms with Gasteiger partial charge in [-0.25, -0.2) is 0 Å². The van der Waals surface area contributed by atoms with Gasteiger partial charge in [0, 0.05) is 22.9 Å². The predicted molar refractivity (Wildman–Crippen MR) is 100 cm³/mol. The summed E-state index contributed by atoms with van der Waals surface area (Å²) in [6.07, 6.45) is 0.405. The summed E-state index contributed by atoms with van der Waals surface area (Å²) in [6, 6.07) is 9.65. The lowest BCUT2D eigenvalue weighted by Gasteiger charge is -1.99. The van der Waals surface area contributed by atoms with Crippen LogP contribution in [0.3, 0.4) is 0 Å². The van der Waals surface area contributed by atoms with Crippen LogP contribution in [-0.4, -0.2) is 26.3 Å². The van der Waals surface area contributed by atoms with Gasteiger partial charge in [0.2, 0.25) is 17.6 Å². The third-order valence-corrected chi connectivity index (χ3v) is 4.60. The molecular weight excluding hydrogens is 380 g/mol. The molecule has 0 spiro atoms. The maximum atomic E-state index is 11.9. The molecule has 28 heavy (non-hydrogen) atoms. The van der Waals surface area contributed by atoms with Gasteiger partial charge in [0.25, 0.3) is 5.89 Å². The van der Waals surface area contributed by atoms with E-state index < -0.39 is 5.97 Å². The Morgan fingerprint density at radius 1 is 1.11 bits per heavy atom. The van der Waals surface area contributed by atoms with Gasteiger partial charge in [-0.3, -0.25) is 4.79 Å². The largest absolute Gasteiger partial charge is 0.456 e. The molecule has 0 bridgehead atoms. The number of ether oxygens (including phenoxy) is 1. The lowest BCUT2D eigenvalue weighted by atomic mass is 10.1. The van der Waals surface area contributed by atoms with Gasteiger partial charge in [-0.1, -0.05) is 22.9 Å². The highest BCUT2D eigenvalue weighted by Crippen LogP contribution is 2.20. The molecule has 3 aromatic heterocycles. The summed E-state index contributed by atoms with van der Waals surface area (Å²) in [5, 5.41) is 15.7. The van der Waals surface area contributed by atoms with E-state index in [4.69, 9.17) is 13.7 Å². The molecule has 0 fully saturated rings. The van der Waals surface area contributed by atoms with Gasteiger partial charge >= 0.3 is 5.97 Å². The number of aryl methyl sites for hydroxylation is 2. The van der Waals surface area contributed by atoms with Crippen molar-refractivity contribution in [3.05, 3.63) is 58.4 Å². The number of benzene rings is 1. The summed E-state index contributed by atoms with van der Waals surface area (Å²) in [6.45, 7) is 1.93. The van der Waals surface area contributed by atoms with Crippen molar-refractivity contribution in [1.82, 2.24) is 20.3 Å². The summed E-state index contributed by atoms with van der Waals surface area (Å²) in [5.74, 6) is 1.11. The normalized spacial score (nSPS) is 10.9. The van der Waals surface area contributed by atoms with Crippen molar-refractivity contribution >= 4 is 17.3 Å². The molecule has 0 unspecified atom stereocenters. The minimum absolute atomic E-state index is 0.0750. The average Bonchev–Trinajstić information content (AvgIpc) is 3.46. The molecule has 0 aliphatic rings. The Kier molecular flexibility index (Phi) is 5.24. The minimum atomic E-state index is -0.412.